The maximum atomic E-state index is 13.1. The van der Waals surface area contributed by atoms with E-state index in [1.54, 1.807) is 6.20 Å². The average molecular weight is 356 g/mol. The molecule has 138 valence electrons. The van der Waals surface area contributed by atoms with Crippen molar-refractivity contribution in [2.24, 2.45) is 0 Å². The molecular formula is C19H25FN6. The van der Waals surface area contributed by atoms with E-state index in [9.17, 15) is 4.39 Å². The van der Waals surface area contributed by atoms with Gasteiger partial charge in [0.1, 0.15) is 5.82 Å². The van der Waals surface area contributed by atoms with Gasteiger partial charge in [-0.15, -0.1) is 5.10 Å². The lowest BCUT2D eigenvalue weighted by Crippen LogP contribution is -2.47. The monoisotopic (exact) mass is 356 g/mol. The molecule has 0 aliphatic carbocycles. The second-order valence-electron chi connectivity index (χ2n) is 6.97. The topological polar surface area (TPSA) is 48.4 Å². The first-order chi connectivity index (χ1) is 12.8. The smallest absolute Gasteiger partial charge is 0.247 e. The van der Waals surface area contributed by atoms with Crippen molar-refractivity contribution in [1.82, 2.24) is 15.2 Å². The number of anilines is 3. The summed E-state index contributed by atoms with van der Waals surface area (Å²) in [6.07, 6.45) is 6.81. The molecule has 1 aromatic heterocycles. The lowest BCUT2D eigenvalue weighted by Gasteiger charge is -2.36. The number of halogens is 1. The van der Waals surface area contributed by atoms with Crippen molar-refractivity contribution >= 4 is 17.5 Å². The third-order valence-electron chi connectivity index (χ3n) is 5.22. The van der Waals surface area contributed by atoms with Crippen LogP contribution in [0.5, 0.6) is 0 Å². The van der Waals surface area contributed by atoms with Gasteiger partial charge in [-0.25, -0.2) is 4.39 Å². The molecule has 2 aromatic rings. The predicted octanol–water partition coefficient (Wildman–Crippen LogP) is 2.72. The van der Waals surface area contributed by atoms with E-state index in [4.69, 9.17) is 4.98 Å². The summed E-state index contributed by atoms with van der Waals surface area (Å²) in [5.74, 6) is 1.46. The normalized spacial score (nSPS) is 18.7. The Hall–Kier alpha value is -2.44. The zero-order valence-corrected chi connectivity index (χ0v) is 15.0. The first-order valence-corrected chi connectivity index (χ1v) is 9.50. The highest BCUT2D eigenvalue weighted by atomic mass is 19.1. The summed E-state index contributed by atoms with van der Waals surface area (Å²) in [7, 11) is 0. The van der Waals surface area contributed by atoms with Gasteiger partial charge in [-0.1, -0.05) is 12.8 Å². The van der Waals surface area contributed by atoms with E-state index in [1.807, 2.05) is 12.1 Å². The minimum atomic E-state index is -0.197. The Bertz CT molecular complexity index is 706. The highest BCUT2D eigenvalue weighted by molar-refractivity contribution is 5.49. The number of rotatable bonds is 3. The summed E-state index contributed by atoms with van der Waals surface area (Å²) in [6, 6.07) is 6.70. The zero-order chi connectivity index (χ0) is 17.8. The molecule has 2 aliphatic heterocycles. The van der Waals surface area contributed by atoms with E-state index in [1.165, 1.54) is 37.8 Å². The highest BCUT2D eigenvalue weighted by Gasteiger charge is 2.21. The largest absolute Gasteiger partial charge is 0.368 e. The standard InChI is InChI=1S/C19H25FN6/c20-16-5-7-17(8-6-16)24-11-13-26(14-12-24)19-22-18(15-21-23-19)25-9-3-1-2-4-10-25/h5-8,15H,1-4,9-14H2. The fourth-order valence-corrected chi connectivity index (χ4v) is 3.69. The van der Waals surface area contributed by atoms with Gasteiger partial charge in [0.15, 0.2) is 5.82 Å². The van der Waals surface area contributed by atoms with Gasteiger partial charge in [0.05, 0.1) is 6.20 Å². The van der Waals surface area contributed by atoms with Crippen LogP contribution in [-0.2, 0) is 0 Å². The van der Waals surface area contributed by atoms with Crippen molar-refractivity contribution < 1.29 is 4.39 Å². The van der Waals surface area contributed by atoms with Gasteiger partial charge in [0, 0.05) is 45.0 Å². The summed E-state index contributed by atoms with van der Waals surface area (Å²) < 4.78 is 13.1. The van der Waals surface area contributed by atoms with Crippen LogP contribution in [-0.4, -0.2) is 54.4 Å². The summed E-state index contributed by atoms with van der Waals surface area (Å²) in [6.45, 7) is 5.50. The molecule has 0 N–H and O–H groups in total. The lowest BCUT2D eigenvalue weighted by atomic mass is 10.2. The van der Waals surface area contributed by atoms with Crippen molar-refractivity contribution in [2.75, 3.05) is 54.0 Å². The van der Waals surface area contributed by atoms with E-state index >= 15 is 0 Å². The summed E-state index contributed by atoms with van der Waals surface area (Å²) >= 11 is 0. The number of piperazine rings is 1. The quantitative estimate of drug-likeness (QED) is 0.843. The molecule has 0 unspecified atom stereocenters. The van der Waals surface area contributed by atoms with Crippen LogP contribution in [0, 0.1) is 5.82 Å². The van der Waals surface area contributed by atoms with Crippen molar-refractivity contribution in [3.05, 3.63) is 36.3 Å². The summed E-state index contributed by atoms with van der Waals surface area (Å²) in [5.41, 5.74) is 1.06. The molecule has 0 saturated carbocycles. The molecule has 0 atom stereocenters. The number of aromatic nitrogens is 3. The van der Waals surface area contributed by atoms with E-state index in [-0.39, 0.29) is 5.82 Å². The lowest BCUT2D eigenvalue weighted by molar-refractivity contribution is 0.621. The minimum Gasteiger partial charge on any atom is -0.368 e. The number of hydrogen-bond donors (Lipinski definition) is 0. The van der Waals surface area contributed by atoms with Crippen LogP contribution in [0.1, 0.15) is 25.7 Å². The minimum absolute atomic E-state index is 0.197. The number of nitrogens with zero attached hydrogens (tertiary/aromatic N) is 6. The Labute approximate surface area is 153 Å². The first kappa shape index (κ1) is 17.0. The van der Waals surface area contributed by atoms with Crippen LogP contribution in [0.3, 0.4) is 0 Å². The van der Waals surface area contributed by atoms with E-state index in [0.29, 0.717) is 5.95 Å². The predicted molar refractivity (Wildman–Crippen MR) is 101 cm³/mol. The maximum absolute atomic E-state index is 13.1. The summed E-state index contributed by atoms with van der Waals surface area (Å²) in [5, 5.41) is 8.46. The molecule has 6 nitrogen and oxygen atoms in total. The molecule has 0 spiro atoms. The van der Waals surface area contributed by atoms with E-state index in [2.05, 4.69) is 24.9 Å². The molecular weight excluding hydrogens is 331 g/mol. The Kier molecular flexibility index (Phi) is 5.13. The molecule has 1 aromatic carbocycles. The third-order valence-corrected chi connectivity index (χ3v) is 5.22. The van der Waals surface area contributed by atoms with Gasteiger partial charge in [-0.05, 0) is 37.1 Å². The van der Waals surface area contributed by atoms with E-state index in [0.717, 1.165) is 50.8 Å². The molecule has 7 heteroatoms. The van der Waals surface area contributed by atoms with Gasteiger partial charge in [-0.3, -0.25) is 0 Å². The van der Waals surface area contributed by atoms with Crippen LogP contribution in [0.4, 0.5) is 21.8 Å². The van der Waals surface area contributed by atoms with Crippen LogP contribution < -0.4 is 14.7 Å². The highest BCUT2D eigenvalue weighted by Crippen LogP contribution is 2.21. The molecule has 2 saturated heterocycles. The van der Waals surface area contributed by atoms with Crippen molar-refractivity contribution in [1.29, 1.82) is 0 Å². The molecule has 3 heterocycles. The second kappa shape index (κ2) is 7.85. The number of hydrogen-bond acceptors (Lipinski definition) is 6. The number of benzene rings is 1. The van der Waals surface area contributed by atoms with Crippen molar-refractivity contribution in [3.8, 4) is 0 Å². The van der Waals surface area contributed by atoms with Crippen molar-refractivity contribution in [3.63, 3.8) is 0 Å². The molecule has 2 aliphatic rings. The van der Waals surface area contributed by atoms with Crippen LogP contribution in [0.25, 0.3) is 0 Å². The molecule has 26 heavy (non-hydrogen) atoms. The Balaban J connectivity index is 1.41. The Morgan fingerprint density at radius 3 is 2.08 bits per heavy atom. The zero-order valence-electron chi connectivity index (χ0n) is 15.0. The van der Waals surface area contributed by atoms with Gasteiger partial charge in [0.25, 0.3) is 0 Å². The Morgan fingerprint density at radius 1 is 0.731 bits per heavy atom. The van der Waals surface area contributed by atoms with Gasteiger partial charge >= 0.3 is 0 Å². The molecule has 0 amide bonds. The van der Waals surface area contributed by atoms with Crippen LogP contribution in [0.15, 0.2) is 30.5 Å². The summed E-state index contributed by atoms with van der Waals surface area (Å²) in [4.78, 5) is 11.6. The van der Waals surface area contributed by atoms with Crippen molar-refractivity contribution in [2.45, 2.75) is 25.7 Å². The molecule has 0 radical (unpaired) electrons. The second-order valence-corrected chi connectivity index (χ2v) is 6.97. The molecule has 0 bridgehead atoms. The first-order valence-electron chi connectivity index (χ1n) is 9.50. The fourth-order valence-electron chi connectivity index (χ4n) is 3.69. The average Bonchev–Trinajstić information content (AvgIpc) is 2.98. The third kappa shape index (κ3) is 3.86. The van der Waals surface area contributed by atoms with Gasteiger partial charge < -0.3 is 14.7 Å². The van der Waals surface area contributed by atoms with Gasteiger partial charge in [0.2, 0.25) is 5.95 Å². The van der Waals surface area contributed by atoms with Crippen LogP contribution in [0.2, 0.25) is 0 Å². The Morgan fingerprint density at radius 2 is 1.38 bits per heavy atom. The maximum Gasteiger partial charge on any atom is 0.247 e. The molecule has 4 rings (SSSR count). The fraction of sp³-hybridized carbons (Fsp3) is 0.526. The van der Waals surface area contributed by atoms with Crippen LogP contribution >= 0.6 is 0 Å². The van der Waals surface area contributed by atoms with Gasteiger partial charge in [-0.2, -0.15) is 10.1 Å². The van der Waals surface area contributed by atoms with E-state index < -0.39 is 0 Å². The SMILES string of the molecule is Fc1ccc(N2CCN(c3nncc(N4CCCCCC4)n3)CC2)cc1. The molecule has 2 fully saturated rings.